The van der Waals surface area contributed by atoms with E-state index in [0.717, 1.165) is 38.8 Å². The van der Waals surface area contributed by atoms with Crippen LogP contribution in [0.2, 0.25) is 0 Å². The van der Waals surface area contributed by atoms with Crippen molar-refractivity contribution in [3.05, 3.63) is 65.2 Å². The maximum Gasteiger partial charge on any atom is 0.416 e. The SMILES string of the molecule is CN1CCN(CC(c2ccc(OCc3ccccc3C(F)(F)F)cc2)C2CCCCC2)CC1. The summed E-state index contributed by atoms with van der Waals surface area (Å²) in [6.07, 6.45) is 2.15. The summed E-state index contributed by atoms with van der Waals surface area (Å²) in [4.78, 5) is 4.98. The minimum atomic E-state index is -4.37. The highest BCUT2D eigenvalue weighted by Gasteiger charge is 2.33. The van der Waals surface area contributed by atoms with Crippen molar-refractivity contribution in [2.75, 3.05) is 39.8 Å². The van der Waals surface area contributed by atoms with Crippen LogP contribution in [0.3, 0.4) is 0 Å². The first-order valence-electron chi connectivity index (χ1n) is 12.2. The molecule has 2 aliphatic rings. The molecule has 1 aliphatic carbocycles. The van der Waals surface area contributed by atoms with E-state index in [0.29, 0.717) is 17.6 Å². The summed E-state index contributed by atoms with van der Waals surface area (Å²) in [5.41, 5.74) is 0.847. The quantitative estimate of drug-likeness (QED) is 0.490. The van der Waals surface area contributed by atoms with Gasteiger partial charge in [0.05, 0.1) is 5.56 Å². The fourth-order valence-electron chi connectivity index (χ4n) is 5.27. The van der Waals surface area contributed by atoms with Crippen LogP contribution in [0.25, 0.3) is 0 Å². The Morgan fingerprint density at radius 2 is 1.58 bits per heavy atom. The molecule has 1 atom stereocenters. The summed E-state index contributed by atoms with van der Waals surface area (Å²) >= 11 is 0. The van der Waals surface area contributed by atoms with Gasteiger partial charge in [-0.1, -0.05) is 49.6 Å². The highest BCUT2D eigenvalue weighted by molar-refractivity contribution is 5.32. The summed E-state index contributed by atoms with van der Waals surface area (Å²) in [6.45, 7) is 5.44. The Bertz CT molecular complexity index is 870. The number of hydrogen-bond acceptors (Lipinski definition) is 3. The Labute approximate surface area is 195 Å². The molecule has 1 heterocycles. The van der Waals surface area contributed by atoms with Crippen LogP contribution in [-0.4, -0.2) is 49.6 Å². The van der Waals surface area contributed by atoms with Gasteiger partial charge < -0.3 is 14.5 Å². The van der Waals surface area contributed by atoms with Crippen molar-refractivity contribution < 1.29 is 17.9 Å². The molecule has 3 nitrogen and oxygen atoms in total. The minimum absolute atomic E-state index is 0.0949. The van der Waals surface area contributed by atoms with Crippen molar-refractivity contribution in [3.8, 4) is 5.75 Å². The zero-order valence-corrected chi connectivity index (χ0v) is 19.5. The lowest BCUT2D eigenvalue weighted by Gasteiger charge is -2.38. The second-order valence-electron chi connectivity index (χ2n) is 9.62. The van der Waals surface area contributed by atoms with Crippen molar-refractivity contribution >= 4 is 0 Å². The zero-order chi connectivity index (χ0) is 23.3. The number of halogens is 3. The maximum atomic E-state index is 13.2. The third-order valence-electron chi connectivity index (χ3n) is 7.30. The Morgan fingerprint density at radius 3 is 2.24 bits per heavy atom. The van der Waals surface area contributed by atoms with Crippen molar-refractivity contribution in [1.29, 1.82) is 0 Å². The zero-order valence-electron chi connectivity index (χ0n) is 19.5. The third-order valence-corrected chi connectivity index (χ3v) is 7.30. The van der Waals surface area contributed by atoms with E-state index < -0.39 is 11.7 Å². The maximum absolute atomic E-state index is 13.2. The van der Waals surface area contributed by atoms with Gasteiger partial charge in [-0.2, -0.15) is 13.2 Å². The van der Waals surface area contributed by atoms with E-state index in [-0.39, 0.29) is 12.2 Å². The number of alkyl halides is 3. The largest absolute Gasteiger partial charge is 0.489 e. The van der Waals surface area contributed by atoms with Gasteiger partial charge in [0.1, 0.15) is 12.4 Å². The number of likely N-dealkylation sites (N-methyl/N-ethyl adjacent to an activating group) is 1. The molecule has 2 fully saturated rings. The molecular weight excluding hydrogens is 425 g/mol. The van der Waals surface area contributed by atoms with Gasteiger partial charge in [-0.3, -0.25) is 0 Å². The summed E-state index contributed by atoms with van der Waals surface area (Å²) in [5, 5.41) is 0. The average Bonchev–Trinajstić information content (AvgIpc) is 2.83. The smallest absolute Gasteiger partial charge is 0.416 e. The van der Waals surface area contributed by atoms with E-state index in [1.807, 2.05) is 12.1 Å². The molecule has 0 bridgehead atoms. The number of ether oxygens (including phenoxy) is 1. The van der Waals surface area contributed by atoms with E-state index in [2.05, 4.69) is 29.0 Å². The van der Waals surface area contributed by atoms with Crippen molar-refractivity contribution in [2.24, 2.45) is 5.92 Å². The molecule has 0 aromatic heterocycles. The molecular formula is C27H35F3N2O. The molecule has 0 amide bonds. The highest BCUT2D eigenvalue weighted by atomic mass is 19.4. The summed E-state index contributed by atoms with van der Waals surface area (Å²) < 4.78 is 45.5. The fraction of sp³-hybridized carbons (Fsp3) is 0.556. The molecule has 1 unspecified atom stereocenters. The van der Waals surface area contributed by atoms with Crippen LogP contribution >= 0.6 is 0 Å². The number of piperazine rings is 1. The van der Waals surface area contributed by atoms with Gasteiger partial charge in [0.15, 0.2) is 0 Å². The van der Waals surface area contributed by atoms with Gasteiger partial charge in [0.25, 0.3) is 0 Å². The molecule has 0 N–H and O–H groups in total. The molecule has 180 valence electrons. The number of rotatable bonds is 7. The normalized spacial score (nSPS) is 20.0. The van der Waals surface area contributed by atoms with E-state index in [1.165, 1.54) is 49.8 Å². The summed E-state index contributed by atoms with van der Waals surface area (Å²) in [7, 11) is 2.18. The van der Waals surface area contributed by atoms with Crippen LogP contribution in [0.15, 0.2) is 48.5 Å². The molecule has 0 radical (unpaired) electrons. The summed E-state index contributed by atoms with van der Waals surface area (Å²) in [5.74, 6) is 1.80. The molecule has 4 rings (SSSR count). The number of hydrogen-bond donors (Lipinski definition) is 0. The van der Waals surface area contributed by atoms with Gasteiger partial charge in [-0.15, -0.1) is 0 Å². The van der Waals surface area contributed by atoms with Gasteiger partial charge in [-0.25, -0.2) is 0 Å². The van der Waals surface area contributed by atoms with Crippen LogP contribution < -0.4 is 4.74 Å². The Balaban J connectivity index is 1.44. The lowest BCUT2D eigenvalue weighted by atomic mass is 9.76. The van der Waals surface area contributed by atoms with Crippen molar-refractivity contribution in [3.63, 3.8) is 0 Å². The minimum Gasteiger partial charge on any atom is -0.489 e. The lowest BCUT2D eigenvalue weighted by molar-refractivity contribution is -0.138. The average molecular weight is 461 g/mol. The number of nitrogens with zero attached hydrogens (tertiary/aromatic N) is 2. The van der Waals surface area contributed by atoms with E-state index in [1.54, 1.807) is 6.07 Å². The van der Waals surface area contributed by atoms with Crippen LogP contribution in [-0.2, 0) is 12.8 Å². The molecule has 1 saturated carbocycles. The van der Waals surface area contributed by atoms with Crippen LogP contribution in [0.4, 0.5) is 13.2 Å². The molecule has 1 saturated heterocycles. The Kier molecular flexibility index (Phi) is 7.97. The topological polar surface area (TPSA) is 15.7 Å². The Morgan fingerprint density at radius 1 is 0.909 bits per heavy atom. The number of benzene rings is 2. The molecule has 2 aromatic carbocycles. The monoisotopic (exact) mass is 460 g/mol. The molecule has 2 aromatic rings. The molecule has 6 heteroatoms. The van der Waals surface area contributed by atoms with E-state index >= 15 is 0 Å². The fourth-order valence-corrected chi connectivity index (χ4v) is 5.27. The van der Waals surface area contributed by atoms with Crippen LogP contribution in [0.5, 0.6) is 5.75 Å². The van der Waals surface area contributed by atoms with E-state index in [4.69, 9.17) is 4.74 Å². The van der Waals surface area contributed by atoms with E-state index in [9.17, 15) is 13.2 Å². The van der Waals surface area contributed by atoms with Gasteiger partial charge in [-0.05, 0) is 55.5 Å². The second-order valence-corrected chi connectivity index (χ2v) is 9.62. The van der Waals surface area contributed by atoms with Gasteiger partial charge in [0, 0.05) is 38.3 Å². The second kappa shape index (κ2) is 10.9. The molecule has 0 spiro atoms. The highest BCUT2D eigenvalue weighted by Crippen LogP contribution is 2.37. The third kappa shape index (κ3) is 6.51. The van der Waals surface area contributed by atoms with Crippen molar-refractivity contribution in [2.45, 2.75) is 50.8 Å². The van der Waals surface area contributed by atoms with Crippen LogP contribution in [0, 0.1) is 5.92 Å². The first-order valence-corrected chi connectivity index (χ1v) is 12.2. The standard InChI is InChI=1S/C27H35F3N2O/c1-31-15-17-32(18-16-31)19-25(21-7-3-2-4-8-21)22-11-13-24(14-12-22)33-20-23-9-5-6-10-26(23)27(28,29)30/h5-6,9-14,21,25H,2-4,7-8,15-20H2,1H3. The van der Waals surface area contributed by atoms with Gasteiger partial charge in [0.2, 0.25) is 0 Å². The lowest BCUT2D eigenvalue weighted by Crippen LogP contribution is -2.46. The van der Waals surface area contributed by atoms with Crippen molar-refractivity contribution in [1.82, 2.24) is 9.80 Å². The predicted molar refractivity (Wildman–Crippen MR) is 125 cm³/mol. The summed E-state index contributed by atoms with van der Waals surface area (Å²) in [6, 6.07) is 13.7. The van der Waals surface area contributed by atoms with Gasteiger partial charge >= 0.3 is 6.18 Å². The predicted octanol–water partition coefficient (Wildman–Crippen LogP) is 6.20. The first kappa shape index (κ1) is 24.1. The molecule has 1 aliphatic heterocycles. The van der Waals surface area contributed by atoms with Crippen LogP contribution in [0.1, 0.15) is 54.7 Å². The first-order chi connectivity index (χ1) is 15.9. The Hall–Kier alpha value is -2.05. The molecule has 33 heavy (non-hydrogen) atoms.